The molecule has 0 spiro atoms. The Bertz CT molecular complexity index is 1590. The third-order valence-electron chi connectivity index (χ3n) is 6.39. The van der Waals surface area contributed by atoms with E-state index in [1.807, 2.05) is 92.6 Å². The number of nitrogens with zero attached hydrogens (tertiary/aromatic N) is 5. The van der Waals surface area contributed by atoms with Gasteiger partial charge in [0.25, 0.3) is 0 Å². The molecule has 0 aliphatic rings. The number of aryl methyl sites for hydroxylation is 3. The molecule has 3 aromatic heterocycles. The first-order valence-electron chi connectivity index (χ1n) is 12.2. The van der Waals surface area contributed by atoms with E-state index >= 15 is 0 Å². The molecule has 188 valence electrons. The highest BCUT2D eigenvalue weighted by Crippen LogP contribution is 2.31. The molecule has 0 aliphatic heterocycles. The number of hydrogen-bond acceptors (Lipinski definition) is 4. The second-order valence-corrected chi connectivity index (χ2v) is 10.4. The number of benzene rings is 2. The maximum absolute atomic E-state index is 13.0. The van der Waals surface area contributed by atoms with Gasteiger partial charge in [0.1, 0.15) is 5.82 Å². The summed E-state index contributed by atoms with van der Waals surface area (Å²) in [6.07, 6.45) is 3.68. The van der Waals surface area contributed by atoms with Crippen LogP contribution in [0.2, 0.25) is 0 Å². The summed E-state index contributed by atoms with van der Waals surface area (Å²) >= 11 is 0. The van der Waals surface area contributed by atoms with Crippen LogP contribution in [0.4, 0.5) is 16.3 Å². The summed E-state index contributed by atoms with van der Waals surface area (Å²) in [5.74, 6) is 0.604. The van der Waals surface area contributed by atoms with Crippen LogP contribution in [-0.4, -0.2) is 30.6 Å². The molecule has 0 saturated heterocycles. The van der Waals surface area contributed by atoms with Crippen molar-refractivity contribution in [2.45, 2.75) is 40.0 Å². The number of hydrogen-bond donors (Lipinski definition) is 2. The van der Waals surface area contributed by atoms with Crippen LogP contribution in [0.15, 0.2) is 67.0 Å². The van der Waals surface area contributed by atoms with E-state index in [4.69, 9.17) is 5.10 Å². The first kappa shape index (κ1) is 24.2. The largest absolute Gasteiger partial charge is 0.324 e. The summed E-state index contributed by atoms with van der Waals surface area (Å²) in [4.78, 5) is 17.4. The van der Waals surface area contributed by atoms with Crippen molar-refractivity contribution in [1.29, 1.82) is 0 Å². The molecule has 0 bridgehead atoms. The molecule has 0 unspecified atom stereocenters. The van der Waals surface area contributed by atoms with Crippen molar-refractivity contribution in [2.24, 2.45) is 7.05 Å². The molecule has 0 radical (unpaired) electrons. The molecule has 0 saturated carbocycles. The summed E-state index contributed by atoms with van der Waals surface area (Å²) < 4.78 is 3.61. The summed E-state index contributed by atoms with van der Waals surface area (Å²) in [5, 5.41) is 16.3. The van der Waals surface area contributed by atoms with Crippen LogP contribution >= 0.6 is 0 Å². The molecule has 37 heavy (non-hydrogen) atoms. The summed E-state index contributed by atoms with van der Waals surface area (Å²) in [5.41, 5.74) is 7.41. The monoisotopic (exact) mass is 493 g/mol. The van der Waals surface area contributed by atoms with E-state index in [0.717, 1.165) is 44.7 Å². The average molecular weight is 494 g/mol. The van der Waals surface area contributed by atoms with Gasteiger partial charge in [-0.15, -0.1) is 0 Å². The van der Waals surface area contributed by atoms with Gasteiger partial charge < -0.3 is 5.32 Å². The topological polar surface area (TPSA) is 89.7 Å². The van der Waals surface area contributed by atoms with E-state index in [1.165, 1.54) is 0 Å². The standard InChI is InChI=1S/C29H31N7O/c1-18-7-13-22(14-8-18)36-26(15-25(34-36)29(3,4)5)32-28(37)31-21-11-9-20(10-12-21)23-16-30-17-24-27(23)19(2)33-35(24)6/h7-17H,1-6H3,(H2,31,32,37). The van der Waals surface area contributed by atoms with Gasteiger partial charge in [-0.3, -0.25) is 15.0 Å². The molecule has 3 heterocycles. The molecule has 2 aromatic carbocycles. The predicted molar refractivity (Wildman–Crippen MR) is 148 cm³/mol. The minimum absolute atomic E-state index is 0.164. The Hall–Kier alpha value is -4.46. The van der Waals surface area contributed by atoms with Crippen molar-refractivity contribution in [3.8, 4) is 16.8 Å². The van der Waals surface area contributed by atoms with Crippen LogP contribution in [-0.2, 0) is 12.5 Å². The van der Waals surface area contributed by atoms with E-state index in [2.05, 4.69) is 41.5 Å². The van der Waals surface area contributed by atoms with Crippen molar-refractivity contribution < 1.29 is 4.79 Å². The van der Waals surface area contributed by atoms with E-state index in [9.17, 15) is 4.79 Å². The van der Waals surface area contributed by atoms with Crippen LogP contribution in [0.25, 0.3) is 27.7 Å². The first-order chi connectivity index (χ1) is 17.6. The number of anilines is 2. The van der Waals surface area contributed by atoms with Gasteiger partial charge in [-0.2, -0.15) is 10.2 Å². The van der Waals surface area contributed by atoms with Gasteiger partial charge >= 0.3 is 6.03 Å². The van der Waals surface area contributed by atoms with Crippen molar-refractivity contribution in [2.75, 3.05) is 10.6 Å². The second kappa shape index (κ2) is 9.20. The Balaban J connectivity index is 1.37. The maximum Gasteiger partial charge on any atom is 0.324 e. The van der Waals surface area contributed by atoms with Gasteiger partial charge in [0.2, 0.25) is 0 Å². The zero-order valence-corrected chi connectivity index (χ0v) is 22.0. The Morgan fingerprint density at radius 1 is 0.892 bits per heavy atom. The van der Waals surface area contributed by atoms with Gasteiger partial charge in [0, 0.05) is 41.4 Å². The third-order valence-corrected chi connectivity index (χ3v) is 6.39. The number of rotatable bonds is 4. The zero-order chi connectivity index (χ0) is 26.3. The summed E-state index contributed by atoms with van der Waals surface area (Å²) in [6.45, 7) is 10.3. The van der Waals surface area contributed by atoms with Crippen LogP contribution in [0.1, 0.15) is 37.7 Å². The van der Waals surface area contributed by atoms with E-state index in [-0.39, 0.29) is 11.4 Å². The Morgan fingerprint density at radius 3 is 2.27 bits per heavy atom. The molecular formula is C29H31N7O. The molecular weight excluding hydrogens is 462 g/mol. The maximum atomic E-state index is 13.0. The zero-order valence-electron chi connectivity index (χ0n) is 22.0. The van der Waals surface area contributed by atoms with Gasteiger partial charge in [0.15, 0.2) is 0 Å². The smallest absolute Gasteiger partial charge is 0.308 e. The summed E-state index contributed by atoms with van der Waals surface area (Å²) in [6, 6.07) is 17.4. The van der Waals surface area contributed by atoms with Crippen molar-refractivity contribution in [3.05, 3.63) is 83.9 Å². The normalized spacial score (nSPS) is 11.6. The van der Waals surface area contributed by atoms with Crippen LogP contribution < -0.4 is 10.6 Å². The molecule has 0 fully saturated rings. The fourth-order valence-corrected chi connectivity index (χ4v) is 4.35. The lowest BCUT2D eigenvalue weighted by Crippen LogP contribution is -2.21. The number of pyridine rings is 1. The number of urea groups is 1. The Labute approximate surface area is 216 Å². The third kappa shape index (κ3) is 4.82. The Morgan fingerprint density at radius 2 is 1.59 bits per heavy atom. The fourth-order valence-electron chi connectivity index (χ4n) is 4.35. The Kier molecular flexibility index (Phi) is 6.03. The highest BCUT2D eigenvalue weighted by Gasteiger charge is 2.21. The van der Waals surface area contributed by atoms with Gasteiger partial charge in [0.05, 0.1) is 28.8 Å². The molecule has 5 rings (SSSR count). The lowest BCUT2D eigenvalue weighted by Gasteiger charge is -2.14. The summed E-state index contributed by atoms with van der Waals surface area (Å²) in [7, 11) is 1.92. The van der Waals surface area contributed by atoms with Crippen molar-refractivity contribution in [1.82, 2.24) is 24.5 Å². The van der Waals surface area contributed by atoms with Gasteiger partial charge in [-0.05, 0) is 43.7 Å². The molecule has 5 aromatic rings. The van der Waals surface area contributed by atoms with E-state index in [1.54, 1.807) is 4.68 Å². The van der Waals surface area contributed by atoms with Crippen LogP contribution in [0.5, 0.6) is 0 Å². The molecule has 0 atom stereocenters. The SMILES string of the molecule is Cc1ccc(-n2nc(C(C)(C)C)cc2NC(=O)Nc2ccc(-c3cncc4c3c(C)nn4C)cc2)cc1. The van der Waals surface area contributed by atoms with Crippen LogP contribution in [0, 0.1) is 13.8 Å². The average Bonchev–Trinajstić information content (AvgIpc) is 3.41. The van der Waals surface area contributed by atoms with Gasteiger partial charge in [-0.25, -0.2) is 9.48 Å². The number of carbonyl (C=O) groups excluding carboxylic acids is 1. The quantitative estimate of drug-likeness (QED) is 0.304. The minimum atomic E-state index is -0.339. The second-order valence-electron chi connectivity index (χ2n) is 10.4. The number of fused-ring (bicyclic) bond motifs is 1. The molecule has 8 heteroatoms. The van der Waals surface area contributed by atoms with Crippen LogP contribution in [0.3, 0.4) is 0 Å². The van der Waals surface area contributed by atoms with E-state index < -0.39 is 0 Å². The highest BCUT2D eigenvalue weighted by molar-refractivity contribution is 6.00. The van der Waals surface area contributed by atoms with Gasteiger partial charge in [-0.1, -0.05) is 50.6 Å². The molecule has 2 amide bonds. The number of carbonyl (C=O) groups is 1. The first-order valence-corrected chi connectivity index (χ1v) is 12.2. The van der Waals surface area contributed by atoms with E-state index in [0.29, 0.717) is 11.5 Å². The number of amides is 2. The van der Waals surface area contributed by atoms with Crippen molar-refractivity contribution in [3.63, 3.8) is 0 Å². The number of nitrogens with one attached hydrogen (secondary N) is 2. The lowest BCUT2D eigenvalue weighted by atomic mass is 9.92. The minimum Gasteiger partial charge on any atom is -0.308 e. The lowest BCUT2D eigenvalue weighted by molar-refractivity contribution is 0.262. The highest BCUT2D eigenvalue weighted by atomic mass is 16.2. The fraction of sp³-hybridized carbons (Fsp3) is 0.241. The molecule has 8 nitrogen and oxygen atoms in total. The van der Waals surface area contributed by atoms with Crippen molar-refractivity contribution >= 4 is 28.4 Å². The molecule has 2 N–H and O–H groups in total. The molecule has 0 aliphatic carbocycles. The predicted octanol–water partition coefficient (Wildman–Crippen LogP) is 6.38. The number of aromatic nitrogens is 5.